The molecule has 6 nitrogen and oxygen atoms in total. The van der Waals surface area contributed by atoms with Gasteiger partial charge in [0.05, 0.1) is 22.7 Å². The van der Waals surface area contributed by atoms with Gasteiger partial charge in [-0.1, -0.05) is 11.6 Å². The Bertz CT molecular complexity index is 962. The van der Waals surface area contributed by atoms with Crippen molar-refractivity contribution in [2.45, 2.75) is 20.3 Å². The van der Waals surface area contributed by atoms with Gasteiger partial charge in [-0.15, -0.1) is 11.3 Å². The van der Waals surface area contributed by atoms with Crippen LogP contribution in [0.15, 0.2) is 30.3 Å². The van der Waals surface area contributed by atoms with Crippen molar-refractivity contribution in [3.8, 4) is 5.69 Å². The van der Waals surface area contributed by atoms with E-state index < -0.39 is 5.97 Å². The van der Waals surface area contributed by atoms with Crippen LogP contribution in [0.4, 0.5) is 0 Å². The van der Waals surface area contributed by atoms with Crippen LogP contribution in [-0.2, 0) is 4.79 Å². The van der Waals surface area contributed by atoms with Crippen molar-refractivity contribution in [3.05, 3.63) is 45.9 Å². The standard InChI is InChI=1S/C18H18ClN3O3S/c1-3-21(9-8-16(23)24)17(25)15-10-14-11(2)20-22(18(14)26-15)13-6-4-12(19)5-7-13/h4-7,10H,3,8-9H2,1-2H3,(H,23,24). The first kappa shape index (κ1) is 18.4. The molecular formula is C18H18ClN3O3S. The fourth-order valence-corrected chi connectivity index (χ4v) is 3.98. The maximum atomic E-state index is 12.8. The Morgan fingerprint density at radius 1 is 1.31 bits per heavy atom. The lowest BCUT2D eigenvalue weighted by Gasteiger charge is -2.18. The normalized spacial score (nSPS) is 11.0. The van der Waals surface area contributed by atoms with Crippen molar-refractivity contribution < 1.29 is 14.7 Å². The average molecular weight is 392 g/mol. The largest absolute Gasteiger partial charge is 0.481 e. The SMILES string of the molecule is CCN(CCC(=O)O)C(=O)c1cc2c(C)nn(-c3ccc(Cl)cc3)c2s1. The van der Waals surface area contributed by atoms with E-state index in [-0.39, 0.29) is 18.9 Å². The molecule has 0 saturated carbocycles. The highest BCUT2D eigenvalue weighted by molar-refractivity contribution is 7.20. The molecule has 1 N–H and O–H groups in total. The summed E-state index contributed by atoms with van der Waals surface area (Å²) in [4.78, 5) is 26.6. The molecule has 8 heteroatoms. The smallest absolute Gasteiger partial charge is 0.305 e. The van der Waals surface area contributed by atoms with Crippen molar-refractivity contribution in [2.24, 2.45) is 0 Å². The molecule has 0 bridgehead atoms. The second-order valence-electron chi connectivity index (χ2n) is 5.83. The Morgan fingerprint density at radius 2 is 2.00 bits per heavy atom. The third kappa shape index (κ3) is 3.59. The number of carbonyl (C=O) groups excluding carboxylic acids is 1. The Labute approximate surface area is 159 Å². The van der Waals surface area contributed by atoms with Crippen LogP contribution in [0.1, 0.15) is 28.7 Å². The fourth-order valence-electron chi connectivity index (χ4n) is 2.70. The Kier molecular flexibility index (Phi) is 5.29. The molecule has 0 spiro atoms. The topological polar surface area (TPSA) is 75.4 Å². The zero-order valence-electron chi connectivity index (χ0n) is 14.4. The van der Waals surface area contributed by atoms with Gasteiger partial charge < -0.3 is 10.0 Å². The summed E-state index contributed by atoms with van der Waals surface area (Å²) in [6.45, 7) is 4.40. The van der Waals surface area contributed by atoms with Crippen LogP contribution in [0.3, 0.4) is 0 Å². The number of carbonyl (C=O) groups is 2. The number of amides is 1. The number of benzene rings is 1. The molecule has 0 atom stereocenters. The van der Waals surface area contributed by atoms with Crippen LogP contribution in [0.5, 0.6) is 0 Å². The lowest BCUT2D eigenvalue weighted by Crippen LogP contribution is -2.32. The Morgan fingerprint density at radius 3 is 2.62 bits per heavy atom. The minimum Gasteiger partial charge on any atom is -0.481 e. The van der Waals surface area contributed by atoms with E-state index in [1.165, 1.54) is 11.3 Å². The van der Waals surface area contributed by atoms with Crippen molar-refractivity contribution >= 4 is 45.0 Å². The van der Waals surface area contributed by atoms with Crippen molar-refractivity contribution in [1.29, 1.82) is 0 Å². The van der Waals surface area contributed by atoms with Crippen molar-refractivity contribution in [2.75, 3.05) is 13.1 Å². The van der Waals surface area contributed by atoms with Crippen LogP contribution in [0.2, 0.25) is 5.02 Å². The summed E-state index contributed by atoms with van der Waals surface area (Å²) < 4.78 is 1.80. The Hall–Kier alpha value is -2.38. The molecule has 3 aromatic rings. The van der Waals surface area contributed by atoms with Crippen molar-refractivity contribution in [1.82, 2.24) is 14.7 Å². The maximum Gasteiger partial charge on any atom is 0.305 e. The van der Waals surface area contributed by atoms with E-state index >= 15 is 0 Å². The number of fused-ring (bicyclic) bond motifs is 1. The predicted octanol–water partition coefficient (Wildman–Crippen LogP) is 3.99. The number of halogens is 1. The third-order valence-corrected chi connectivity index (χ3v) is 5.44. The molecule has 0 unspecified atom stereocenters. The van der Waals surface area contributed by atoms with Gasteiger partial charge in [-0.3, -0.25) is 9.59 Å². The summed E-state index contributed by atoms with van der Waals surface area (Å²) >= 11 is 7.31. The molecule has 1 amide bonds. The minimum atomic E-state index is -0.915. The zero-order valence-corrected chi connectivity index (χ0v) is 16.0. The summed E-state index contributed by atoms with van der Waals surface area (Å²) in [5, 5.41) is 15.0. The number of carboxylic acid groups (broad SMARTS) is 1. The monoisotopic (exact) mass is 391 g/mol. The molecule has 0 aliphatic heterocycles. The summed E-state index contributed by atoms with van der Waals surface area (Å²) in [6, 6.07) is 9.18. The highest BCUT2D eigenvalue weighted by Crippen LogP contribution is 2.31. The quantitative estimate of drug-likeness (QED) is 0.689. The zero-order chi connectivity index (χ0) is 18.8. The van der Waals surface area contributed by atoms with E-state index in [2.05, 4.69) is 5.10 Å². The molecule has 0 radical (unpaired) electrons. The van der Waals surface area contributed by atoms with E-state index in [4.69, 9.17) is 16.7 Å². The minimum absolute atomic E-state index is 0.0674. The van der Waals surface area contributed by atoms with Crippen LogP contribution in [-0.4, -0.2) is 44.8 Å². The molecule has 1 aromatic carbocycles. The van der Waals surface area contributed by atoms with E-state index in [0.717, 1.165) is 21.6 Å². The molecule has 0 fully saturated rings. The lowest BCUT2D eigenvalue weighted by atomic mass is 10.3. The van der Waals surface area contributed by atoms with Gasteiger partial charge in [-0.25, -0.2) is 4.68 Å². The van der Waals surface area contributed by atoms with Crippen LogP contribution < -0.4 is 0 Å². The van der Waals surface area contributed by atoms with Gasteiger partial charge in [0, 0.05) is 23.5 Å². The molecule has 2 aromatic heterocycles. The second kappa shape index (κ2) is 7.47. The first-order valence-corrected chi connectivity index (χ1v) is 9.36. The van der Waals surface area contributed by atoms with Gasteiger partial charge in [0.15, 0.2) is 0 Å². The number of aliphatic carboxylic acids is 1. The summed E-state index contributed by atoms with van der Waals surface area (Å²) in [6.07, 6.45) is -0.0674. The molecule has 2 heterocycles. The molecule has 0 aliphatic rings. The van der Waals surface area contributed by atoms with E-state index in [9.17, 15) is 9.59 Å². The number of hydrogen-bond acceptors (Lipinski definition) is 4. The molecule has 3 rings (SSSR count). The van der Waals surface area contributed by atoms with Crippen LogP contribution in [0.25, 0.3) is 15.9 Å². The van der Waals surface area contributed by atoms with Gasteiger partial charge in [-0.05, 0) is 44.2 Å². The second-order valence-corrected chi connectivity index (χ2v) is 7.30. The third-order valence-electron chi connectivity index (χ3n) is 4.09. The van der Waals surface area contributed by atoms with Crippen LogP contribution in [0, 0.1) is 6.92 Å². The fraction of sp³-hybridized carbons (Fsp3) is 0.278. The number of aromatic nitrogens is 2. The average Bonchev–Trinajstić information content (AvgIpc) is 3.17. The van der Waals surface area contributed by atoms with E-state index in [0.29, 0.717) is 16.4 Å². The van der Waals surface area contributed by atoms with Crippen molar-refractivity contribution in [3.63, 3.8) is 0 Å². The van der Waals surface area contributed by atoms with Gasteiger partial charge in [-0.2, -0.15) is 5.10 Å². The molecule has 0 saturated heterocycles. The molecule has 0 aliphatic carbocycles. The number of aryl methyl sites for hydroxylation is 1. The number of nitrogens with zero attached hydrogens (tertiary/aromatic N) is 3. The summed E-state index contributed by atoms with van der Waals surface area (Å²) in [7, 11) is 0. The maximum absolute atomic E-state index is 12.8. The predicted molar refractivity (Wildman–Crippen MR) is 103 cm³/mol. The van der Waals surface area contributed by atoms with E-state index in [1.807, 2.05) is 32.0 Å². The first-order valence-electron chi connectivity index (χ1n) is 8.17. The molecule has 26 heavy (non-hydrogen) atoms. The first-order chi connectivity index (χ1) is 12.4. The van der Waals surface area contributed by atoms with Gasteiger partial charge in [0.1, 0.15) is 4.83 Å². The van der Waals surface area contributed by atoms with Gasteiger partial charge in [0.25, 0.3) is 5.91 Å². The van der Waals surface area contributed by atoms with Crippen LogP contribution >= 0.6 is 22.9 Å². The number of thiophene rings is 1. The van der Waals surface area contributed by atoms with Gasteiger partial charge >= 0.3 is 5.97 Å². The summed E-state index contributed by atoms with van der Waals surface area (Å²) in [5.41, 5.74) is 1.70. The number of hydrogen-bond donors (Lipinski definition) is 1. The highest BCUT2D eigenvalue weighted by atomic mass is 35.5. The number of carboxylic acids is 1. The Balaban J connectivity index is 1.96. The highest BCUT2D eigenvalue weighted by Gasteiger charge is 2.21. The van der Waals surface area contributed by atoms with E-state index in [1.54, 1.807) is 21.7 Å². The van der Waals surface area contributed by atoms with Gasteiger partial charge in [0.2, 0.25) is 0 Å². The lowest BCUT2D eigenvalue weighted by molar-refractivity contribution is -0.137. The summed E-state index contributed by atoms with van der Waals surface area (Å²) in [5.74, 6) is -1.07. The number of rotatable bonds is 6. The molecule has 136 valence electrons. The molecular weight excluding hydrogens is 374 g/mol.